The van der Waals surface area contributed by atoms with Crippen LogP contribution in [0.5, 0.6) is 0 Å². The van der Waals surface area contributed by atoms with E-state index in [4.69, 9.17) is 13.9 Å². The molecular formula is C21H35F2N3O6Si. The molecule has 0 radical (unpaired) electrons. The van der Waals surface area contributed by atoms with E-state index in [0.29, 0.717) is 11.0 Å². The van der Waals surface area contributed by atoms with E-state index in [1.807, 2.05) is 40.8 Å². The number of anilines is 1. The third kappa shape index (κ3) is 6.58. The van der Waals surface area contributed by atoms with Crippen LogP contribution in [0, 0.1) is 0 Å². The van der Waals surface area contributed by atoms with Gasteiger partial charge in [-0.2, -0.15) is 13.8 Å². The van der Waals surface area contributed by atoms with E-state index in [9.17, 15) is 23.5 Å². The summed E-state index contributed by atoms with van der Waals surface area (Å²) in [6.45, 7) is 11.9. The lowest BCUT2D eigenvalue weighted by Crippen LogP contribution is -2.45. The molecule has 12 heteroatoms. The smallest absolute Gasteiger partial charge is 0.412 e. The van der Waals surface area contributed by atoms with Gasteiger partial charge < -0.3 is 19.0 Å². The molecule has 1 aliphatic heterocycles. The molecule has 2 heterocycles. The van der Waals surface area contributed by atoms with Crippen LogP contribution in [0.4, 0.5) is 19.4 Å². The molecule has 0 aliphatic carbocycles. The van der Waals surface area contributed by atoms with Crippen molar-refractivity contribution in [2.75, 3.05) is 18.5 Å². The highest BCUT2D eigenvalue weighted by Crippen LogP contribution is 2.43. The molecule has 1 saturated heterocycles. The summed E-state index contributed by atoms with van der Waals surface area (Å²) >= 11 is 0. The number of nitrogens with zero attached hydrogens (tertiary/aromatic N) is 2. The van der Waals surface area contributed by atoms with Gasteiger partial charge in [0.05, 0.1) is 13.2 Å². The van der Waals surface area contributed by atoms with Crippen LogP contribution in [0.3, 0.4) is 0 Å². The lowest BCUT2D eigenvalue weighted by atomic mass is 10.1. The number of rotatable bonds is 9. The number of carbonyl (C=O) groups excluding carboxylic acids is 1. The van der Waals surface area contributed by atoms with Gasteiger partial charge in [-0.1, -0.05) is 40.5 Å². The van der Waals surface area contributed by atoms with E-state index in [1.54, 1.807) is 0 Å². The van der Waals surface area contributed by atoms with Gasteiger partial charge in [-0.15, -0.1) is 0 Å². The van der Waals surface area contributed by atoms with Crippen LogP contribution in [-0.4, -0.2) is 60.4 Å². The quantitative estimate of drug-likeness (QED) is 0.398. The Morgan fingerprint density at radius 1 is 1.36 bits per heavy atom. The summed E-state index contributed by atoms with van der Waals surface area (Å²) in [5.41, 5.74) is -1.07. The molecular weight excluding hydrogens is 456 g/mol. The highest BCUT2D eigenvalue weighted by Gasteiger charge is 2.60. The van der Waals surface area contributed by atoms with Crippen LogP contribution in [0.15, 0.2) is 17.1 Å². The first-order chi connectivity index (χ1) is 15.2. The fraction of sp³-hybridized carbons (Fsp3) is 0.762. The molecule has 33 heavy (non-hydrogen) atoms. The second-order valence-corrected chi connectivity index (χ2v) is 14.5. The first kappa shape index (κ1) is 27.4. The van der Waals surface area contributed by atoms with Gasteiger partial charge in [0.2, 0.25) is 6.23 Å². The van der Waals surface area contributed by atoms with Gasteiger partial charge in [-0.05, 0) is 30.6 Å². The maximum atomic E-state index is 14.8. The number of aromatic nitrogens is 2. The lowest BCUT2D eigenvalue weighted by Gasteiger charge is -2.37. The minimum absolute atomic E-state index is 0.142. The summed E-state index contributed by atoms with van der Waals surface area (Å²) in [4.78, 5) is 27.8. The van der Waals surface area contributed by atoms with Gasteiger partial charge in [0.25, 0.3) is 0 Å². The van der Waals surface area contributed by atoms with Crippen molar-refractivity contribution in [2.45, 2.75) is 89.4 Å². The Balaban J connectivity index is 2.08. The van der Waals surface area contributed by atoms with Crippen LogP contribution < -0.4 is 11.0 Å². The molecule has 1 amide bonds. The highest BCUT2D eigenvalue weighted by atomic mass is 28.4. The van der Waals surface area contributed by atoms with E-state index in [1.165, 1.54) is 6.07 Å². The maximum Gasteiger partial charge on any atom is 0.412 e. The number of unbranched alkanes of at least 4 members (excludes halogenated alkanes) is 2. The van der Waals surface area contributed by atoms with Crippen molar-refractivity contribution in [3.63, 3.8) is 0 Å². The van der Waals surface area contributed by atoms with Crippen LogP contribution in [0.1, 0.15) is 53.2 Å². The molecule has 9 nitrogen and oxygen atoms in total. The Hall–Kier alpha value is -1.89. The van der Waals surface area contributed by atoms with Crippen LogP contribution in [0.25, 0.3) is 0 Å². The summed E-state index contributed by atoms with van der Waals surface area (Å²) in [5.74, 6) is -3.89. The molecule has 1 aromatic heterocycles. The van der Waals surface area contributed by atoms with Crippen molar-refractivity contribution in [3.05, 3.63) is 22.7 Å². The number of aliphatic hydroxyl groups is 1. The van der Waals surface area contributed by atoms with Crippen molar-refractivity contribution in [2.24, 2.45) is 0 Å². The second kappa shape index (κ2) is 10.6. The van der Waals surface area contributed by atoms with E-state index < -0.39 is 44.5 Å². The standard InChI is InChI=1S/C21H35F2N3O6Si/c1-7-8-9-12-30-19(29)25-15-10-11-26(18(28)24-15)17-21(22,23)16(27)14(32-17)13-31-33(5,6)20(2,3)4/h10-11,14,16-17,27H,7-9,12-13H2,1-6H3,(H,24,25,28,29)/t14-,16-,17-/m1/s1. The molecule has 1 fully saturated rings. The van der Waals surface area contributed by atoms with Crippen molar-refractivity contribution >= 4 is 20.2 Å². The van der Waals surface area contributed by atoms with Crippen LogP contribution >= 0.6 is 0 Å². The zero-order valence-electron chi connectivity index (χ0n) is 20.1. The first-order valence-corrected chi connectivity index (χ1v) is 14.0. The molecule has 2 rings (SSSR count). The van der Waals surface area contributed by atoms with Crippen molar-refractivity contribution in [3.8, 4) is 0 Å². The minimum Gasteiger partial charge on any atom is -0.449 e. The number of carbonyl (C=O) groups is 1. The summed E-state index contributed by atoms with van der Waals surface area (Å²) < 4.78 is 46.4. The Morgan fingerprint density at radius 2 is 2.03 bits per heavy atom. The Bertz CT molecular complexity index is 874. The number of hydrogen-bond acceptors (Lipinski definition) is 7. The lowest BCUT2D eigenvalue weighted by molar-refractivity contribution is -0.140. The number of halogens is 2. The monoisotopic (exact) mass is 491 g/mol. The molecule has 1 aliphatic rings. The molecule has 0 spiro atoms. The average molecular weight is 492 g/mol. The van der Waals surface area contributed by atoms with E-state index in [-0.39, 0.29) is 24.1 Å². The Morgan fingerprint density at radius 3 is 2.61 bits per heavy atom. The summed E-state index contributed by atoms with van der Waals surface area (Å²) in [6, 6.07) is 1.18. The second-order valence-electron chi connectivity index (χ2n) is 9.69. The van der Waals surface area contributed by atoms with E-state index in [0.717, 1.165) is 19.0 Å². The minimum atomic E-state index is -3.75. The van der Waals surface area contributed by atoms with Gasteiger partial charge in [0, 0.05) is 6.20 Å². The van der Waals surface area contributed by atoms with Crippen molar-refractivity contribution < 1.29 is 32.6 Å². The Labute approximate surface area is 193 Å². The summed E-state index contributed by atoms with van der Waals surface area (Å²) in [7, 11) is -2.27. The average Bonchev–Trinajstić information content (AvgIpc) is 2.92. The maximum absolute atomic E-state index is 14.8. The van der Waals surface area contributed by atoms with E-state index >= 15 is 0 Å². The third-order valence-electron chi connectivity index (χ3n) is 6.09. The molecule has 0 unspecified atom stereocenters. The molecule has 2 N–H and O–H groups in total. The summed E-state index contributed by atoms with van der Waals surface area (Å²) in [5, 5.41) is 12.3. The van der Waals surface area contributed by atoms with Gasteiger partial charge in [-0.3, -0.25) is 9.88 Å². The van der Waals surface area contributed by atoms with Gasteiger partial charge in [0.1, 0.15) is 11.9 Å². The fourth-order valence-electron chi connectivity index (χ4n) is 2.93. The molecule has 0 bridgehead atoms. The van der Waals surface area contributed by atoms with Crippen molar-refractivity contribution in [1.82, 2.24) is 9.55 Å². The zero-order valence-corrected chi connectivity index (χ0v) is 21.1. The van der Waals surface area contributed by atoms with Gasteiger partial charge >= 0.3 is 17.7 Å². The zero-order chi connectivity index (χ0) is 25.0. The largest absolute Gasteiger partial charge is 0.449 e. The molecule has 3 atom stereocenters. The van der Waals surface area contributed by atoms with E-state index in [2.05, 4.69) is 10.3 Å². The first-order valence-electron chi connectivity index (χ1n) is 11.1. The van der Waals surface area contributed by atoms with Gasteiger partial charge in [-0.25, -0.2) is 9.59 Å². The number of alkyl halides is 2. The Kier molecular flexibility index (Phi) is 8.77. The predicted octanol–water partition coefficient (Wildman–Crippen LogP) is 3.90. The number of amides is 1. The molecule has 0 saturated carbocycles. The molecule has 188 valence electrons. The fourth-order valence-corrected chi connectivity index (χ4v) is 3.95. The van der Waals surface area contributed by atoms with Crippen molar-refractivity contribution in [1.29, 1.82) is 0 Å². The van der Waals surface area contributed by atoms with Gasteiger partial charge in [0.15, 0.2) is 14.4 Å². The van der Waals surface area contributed by atoms with Crippen LogP contribution in [-0.2, 0) is 13.9 Å². The number of aliphatic hydroxyl groups excluding tert-OH is 1. The normalized spacial score (nSPS) is 22.9. The predicted molar refractivity (Wildman–Crippen MR) is 121 cm³/mol. The number of ether oxygens (including phenoxy) is 2. The number of nitrogens with one attached hydrogen (secondary N) is 1. The third-order valence-corrected chi connectivity index (χ3v) is 10.6. The summed E-state index contributed by atoms with van der Waals surface area (Å²) in [6.07, 6.45) is -2.72. The SMILES string of the molecule is CCCCCOC(=O)Nc1ccn([C@@H]2O[C@H](CO[Si](C)(C)C(C)(C)C)[C@@H](O)C2(F)F)c(=O)n1. The molecule has 0 aromatic carbocycles. The highest BCUT2D eigenvalue weighted by molar-refractivity contribution is 6.74. The van der Waals surface area contributed by atoms with Crippen LogP contribution in [0.2, 0.25) is 18.1 Å². The topological polar surface area (TPSA) is 112 Å². The number of hydrogen-bond donors (Lipinski definition) is 2. The molecule has 1 aromatic rings.